The van der Waals surface area contributed by atoms with E-state index in [2.05, 4.69) is 5.32 Å². The number of nitrogens with one attached hydrogen (secondary N) is 1. The summed E-state index contributed by atoms with van der Waals surface area (Å²) < 4.78 is 5.18. The highest BCUT2D eigenvalue weighted by molar-refractivity contribution is 5.92. The van der Waals surface area contributed by atoms with E-state index in [1.165, 1.54) is 19.2 Å². The van der Waals surface area contributed by atoms with Crippen molar-refractivity contribution in [2.75, 3.05) is 12.4 Å². The van der Waals surface area contributed by atoms with E-state index in [9.17, 15) is 14.9 Å². The second kappa shape index (κ2) is 5.55. The summed E-state index contributed by atoms with van der Waals surface area (Å²) in [6.45, 7) is 4.07. The van der Waals surface area contributed by atoms with Crippen molar-refractivity contribution in [1.82, 2.24) is 0 Å². The van der Waals surface area contributed by atoms with E-state index in [1.807, 2.05) is 13.8 Å². The first kappa shape index (κ1) is 15.0. The van der Waals surface area contributed by atoms with E-state index < -0.39 is 4.92 Å². The average Bonchev–Trinajstić information content (AvgIpc) is 2.36. The minimum Gasteiger partial charge on any atom is -0.494 e. The Morgan fingerprint density at radius 2 is 2.05 bits per heavy atom. The minimum absolute atomic E-state index is 0.0357. The number of carbonyl (C=O) groups is 1. The lowest BCUT2D eigenvalue weighted by molar-refractivity contribution is -0.384. The SMILES string of the molecule is COc1cc([N+](=O)[O-])ccc1NC1=CC(=O)CC(C)(C)C1. The van der Waals surface area contributed by atoms with Crippen molar-refractivity contribution in [2.24, 2.45) is 5.41 Å². The van der Waals surface area contributed by atoms with Crippen molar-refractivity contribution in [3.05, 3.63) is 40.1 Å². The number of allylic oxidation sites excluding steroid dienone is 2. The van der Waals surface area contributed by atoms with E-state index in [-0.39, 0.29) is 16.9 Å². The topological polar surface area (TPSA) is 81.5 Å². The van der Waals surface area contributed by atoms with Gasteiger partial charge in [0.05, 0.1) is 23.8 Å². The van der Waals surface area contributed by atoms with Crippen LogP contribution in [-0.4, -0.2) is 17.8 Å². The highest BCUT2D eigenvalue weighted by Gasteiger charge is 2.28. The fourth-order valence-electron chi connectivity index (χ4n) is 2.50. The van der Waals surface area contributed by atoms with Gasteiger partial charge in [-0.25, -0.2) is 0 Å². The molecule has 21 heavy (non-hydrogen) atoms. The van der Waals surface area contributed by atoms with Crippen LogP contribution in [0.25, 0.3) is 0 Å². The van der Waals surface area contributed by atoms with Gasteiger partial charge in [-0.05, 0) is 17.9 Å². The first-order chi connectivity index (χ1) is 9.80. The summed E-state index contributed by atoms with van der Waals surface area (Å²) in [5, 5.41) is 13.9. The monoisotopic (exact) mass is 290 g/mol. The van der Waals surface area contributed by atoms with Gasteiger partial charge in [0.15, 0.2) is 5.78 Å². The molecule has 0 fully saturated rings. The van der Waals surface area contributed by atoms with Gasteiger partial charge in [0, 0.05) is 24.3 Å². The summed E-state index contributed by atoms with van der Waals surface area (Å²) in [5.74, 6) is 0.454. The van der Waals surface area contributed by atoms with Gasteiger partial charge in [-0.1, -0.05) is 13.8 Å². The van der Waals surface area contributed by atoms with Crippen LogP contribution in [0.1, 0.15) is 26.7 Å². The number of nitro groups is 1. The summed E-state index contributed by atoms with van der Waals surface area (Å²) in [7, 11) is 1.45. The van der Waals surface area contributed by atoms with Gasteiger partial charge in [-0.2, -0.15) is 0 Å². The Bertz CT molecular complexity index is 620. The highest BCUT2D eigenvalue weighted by Crippen LogP contribution is 2.36. The number of nitrogens with zero attached hydrogens (tertiary/aromatic N) is 1. The van der Waals surface area contributed by atoms with Crippen LogP contribution in [0.2, 0.25) is 0 Å². The number of non-ortho nitro benzene ring substituents is 1. The predicted octanol–water partition coefficient (Wildman–Crippen LogP) is 3.29. The summed E-state index contributed by atoms with van der Waals surface area (Å²) in [6, 6.07) is 4.35. The van der Waals surface area contributed by atoms with E-state index in [4.69, 9.17) is 4.74 Å². The minimum atomic E-state index is -0.473. The fourth-order valence-corrected chi connectivity index (χ4v) is 2.50. The molecule has 0 spiro atoms. The Morgan fingerprint density at radius 3 is 2.62 bits per heavy atom. The fraction of sp³-hybridized carbons (Fsp3) is 0.400. The van der Waals surface area contributed by atoms with Gasteiger partial charge in [0.2, 0.25) is 0 Å². The Hall–Kier alpha value is -2.37. The van der Waals surface area contributed by atoms with Crippen molar-refractivity contribution in [3.8, 4) is 5.75 Å². The van der Waals surface area contributed by atoms with E-state index in [1.54, 1.807) is 12.1 Å². The molecule has 1 aliphatic rings. The molecule has 1 aliphatic carbocycles. The second-order valence-electron chi connectivity index (χ2n) is 5.92. The van der Waals surface area contributed by atoms with Crippen LogP contribution >= 0.6 is 0 Å². The van der Waals surface area contributed by atoms with Crippen LogP contribution in [0.3, 0.4) is 0 Å². The van der Waals surface area contributed by atoms with Crippen LogP contribution in [-0.2, 0) is 4.79 Å². The summed E-state index contributed by atoms with van der Waals surface area (Å²) >= 11 is 0. The molecule has 0 aromatic heterocycles. The number of benzene rings is 1. The molecule has 6 nitrogen and oxygen atoms in total. The van der Waals surface area contributed by atoms with Gasteiger partial charge in [0.1, 0.15) is 5.75 Å². The molecule has 0 amide bonds. The molecule has 0 saturated carbocycles. The smallest absolute Gasteiger partial charge is 0.273 e. The van der Waals surface area contributed by atoms with Gasteiger partial charge in [-0.15, -0.1) is 0 Å². The van der Waals surface area contributed by atoms with Crippen LogP contribution in [0.5, 0.6) is 5.75 Å². The number of anilines is 1. The lowest BCUT2D eigenvalue weighted by Gasteiger charge is -2.29. The maximum Gasteiger partial charge on any atom is 0.273 e. The van der Waals surface area contributed by atoms with Crippen LogP contribution in [0.15, 0.2) is 30.0 Å². The molecule has 0 radical (unpaired) electrons. The summed E-state index contributed by atoms with van der Waals surface area (Å²) in [4.78, 5) is 22.0. The quantitative estimate of drug-likeness (QED) is 0.679. The molecular formula is C15H18N2O4. The number of ketones is 1. The van der Waals surface area contributed by atoms with Crippen LogP contribution in [0, 0.1) is 15.5 Å². The van der Waals surface area contributed by atoms with Crippen molar-refractivity contribution >= 4 is 17.2 Å². The largest absolute Gasteiger partial charge is 0.494 e. The lowest BCUT2D eigenvalue weighted by atomic mass is 9.79. The molecule has 2 rings (SSSR count). The average molecular weight is 290 g/mol. The number of ether oxygens (including phenoxy) is 1. The molecule has 0 unspecified atom stereocenters. The number of hydrogen-bond acceptors (Lipinski definition) is 5. The van der Waals surface area contributed by atoms with Crippen molar-refractivity contribution in [1.29, 1.82) is 0 Å². The third-order valence-electron chi connectivity index (χ3n) is 3.35. The lowest BCUT2D eigenvalue weighted by Crippen LogP contribution is -2.24. The van der Waals surface area contributed by atoms with E-state index >= 15 is 0 Å². The van der Waals surface area contributed by atoms with Gasteiger partial charge >= 0.3 is 0 Å². The number of hydrogen-bond donors (Lipinski definition) is 1. The zero-order valence-electron chi connectivity index (χ0n) is 12.3. The summed E-state index contributed by atoms with van der Waals surface area (Å²) in [5.41, 5.74) is 1.28. The third kappa shape index (κ3) is 3.59. The van der Waals surface area contributed by atoms with Crippen molar-refractivity contribution in [3.63, 3.8) is 0 Å². The van der Waals surface area contributed by atoms with Crippen LogP contribution in [0.4, 0.5) is 11.4 Å². The second-order valence-corrected chi connectivity index (χ2v) is 5.92. The molecule has 1 aromatic carbocycles. The number of nitro benzene ring substituents is 1. The van der Waals surface area contributed by atoms with Crippen molar-refractivity contribution < 1.29 is 14.5 Å². The third-order valence-corrected chi connectivity index (χ3v) is 3.35. The van der Waals surface area contributed by atoms with Crippen LogP contribution < -0.4 is 10.1 Å². The number of carbonyl (C=O) groups excluding carboxylic acids is 1. The summed E-state index contributed by atoms with van der Waals surface area (Å²) in [6.07, 6.45) is 2.85. The molecule has 0 heterocycles. The molecule has 1 aromatic rings. The zero-order valence-corrected chi connectivity index (χ0v) is 12.3. The van der Waals surface area contributed by atoms with Crippen molar-refractivity contribution in [2.45, 2.75) is 26.7 Å². The highest BCUT2D eigenvalue weighted by atomic mass is 16.6. The zero-order chi connectivity index (χ0) is 15.6. The molecule has 0 bridgehead atoms. The molecule has 0 atom stereocenters. The first-order valence-electron chi connectivity index (χ1n) is 6.63. The standard InChI is InChI=1S/C15H18N2O4/c1-15(2)8-10(6-12(18)9-15)16-13-5-4-11(17(19)20)7-14(13)21-3/h4-7,16H,8-9H2,1-3H3. The Morgan fingerprint density at radius 1 is 1.33 bits per heavy atom. The van der Waals surface area contributed by atoms with E-state index in [0.717, 1.165) is 12.1 Å². The maximum absolute atomic E-state index is 11.7. The van der Waals surface area contributed by atoms with Gasteiger partial charge in [0.25, 0.3) is 5.69 Å². The number of methoxy groups -OCH3 is 1. The first-order valence-corrected chi connectivity index (χ1v) is 6.63. The Balaban J connectivity index is 2.27. The molecule has 0 saturated heterocycles. The normalized spacial score (nSPS) is 17.1. The maximum atomic E-state index is 11.7. The number of rotatable bonds is 4. The molecule has 1 N–H and O–H groups in total. The molecule has 0 aliphatic heterocycles. The molecular weight excluding hydrogens is 272 g/mol. The Kier molecular flexibility index (Phi) is 3.97. The predicted molar refractivity (Wildman–Crippen MR) is 79.4 cm³/mol. The van der Waals surface area contributed by atoms with Gasteiger partial charge in [-0.3, -0.25) is 14.9 Å². The van der Waals surface area contributed by atoms with Gasteiger partial charge < -0.3 is 10.1 Å². The molecule has 112 valence electrons. The molecule has 6 heteroatoms. The van der Waals surface area contributed by atoms with E-state index in [0.29, 0.717) is 17.9 Å². The Labute approximate surface area is 122 Å².